The molecule has 3 N–H and O–H groups in total. The topological polar surface area (TPSA) is 55.1 Å². The van der Waals surface area contributed by atoms with E-state index in [4.69, 9.17) is 13.6 Å². The third kappa shape index (κ3) is 4.19. The van der Waals surface area contributed by atoms with Gasteiger partial charge >= 0.3 is 0 Å². The van der Waals surface area contributed by atoms with Crippen molar-refractivity contribution < 1.29 is 4.79 Å². The molecule has 0 saturated heterocycles. The second-order valence-electron chi connectivity index (χ2n) is 5.09. The quantitative estimate of drug-likeness (QED) is 0.730. The van der Waals surface area contributed by atoms with Gasteiger partial charge in [-0.15, -0.1) is 0 Å². The third-order valence-electron chi connectivity index (χ3n) is 3.25. The lowest BCUT2D eigenvalue weighted by Crippen LogP contribution is -2.46. The number of rotatable bonds is 6. The zero-order chi connectivity index (χ0) is 13.0. The van der Waals surface area contributed by atoms with Crippen molar-refractivity contribution in [2.75, 3.05) is 0 Å². The van der Waals surface area contributed by atoms with Gasteiger partial charge in [-0.25, -0.2) is 0 Å². The second-order valence-corrected chi connectivity index (χ2v) is 5.09. The zero-order valence-electron chi connectivity index (χ0n) is 10.5. The van der Waals surface area contributed by atoms with E-state index in [1.165, 1.54) is 12.8 Å². The highest BCUT2D eigenvalue weighted by atomic mass is 16.2. The van der Waals surface area contributed by atoms with Crippen LogP contribution in [0.5, 0.6) is 0 Å². The number of carbonyl (C=O) groups is 1. The molecule has 0 bridgehead atoms. The van der Waals surface area contributed by atoms with E-state index >= 15 is 0 Å². The maximum Gasteiger partial charge on any atom is 0.236 e. The van der Waals surface area contributed by atoms with Crippen LogP contribution in [0, 0.1) is 5.92 Å². The molecule has 1 aliphatic carbocycles. The fourth-order valence-electron chi connectivity index (χ4n) is 2.02. The van der Waals surface area contributed by atoms with E-state index < -0.39 is 6.04 Å². The van der Waals surface area contributed by atoms with Crippen molar-refractivity contribution in [2.24, 2.45) is 11.7 Å². The summed E-state index contributed by atoms with van der Waals surface area (Å²) in [4.78, 5) is 11.8. The van der Waals surface area contributed by atoms with Gasteiger partial charge in [0.25, 0.3) is 0 Å². The van der Waals surface area contributed by atoms with Crippen molar-refractivity contribution in [3.8, 4) is 0 Å². The molecule has 0 heterocycles. The molecule has 1 fully saturated rings. The van der Waals surface area contributed by atoms with E-state index in [9.17, 15) is 4.79 Å². The summed E-state index contributed by atoms with van der Waals surface area (Å²) in [5.74, 6) is 0.282. The lowest BCUT2D eigenvalue weighted by Gasteiger charge is -2.17. The Kier molecular flexibility index (Phi) is 4.42. The lowest BCUT2D eigenvalue weighted by molar-refractivity contribution is -0.122. The zero-order valence-corrected chi connectivity index (χ0v) is 10.5. The largest absolute Gasteiger partial charge is 0.361 e. The van der Waals surface area contributed by atoms with Crippen LogP contribution in [0.15, 0.2) is 30.3 Å². The van der Waals surface area contributed by atoms with Gasteiger partial charge in [-0.1, -0.05) is 43.2 Å². The van der Waals surface area contributed by atoms with Gasteiger partial charge in [-0.05, 0) is 30.3 Å². The standard InChI is InChI=1S/C14H19BN2O/c15-13(9-11-6-7-11)17-14(18)12(16)8-10-4-2-1-3-5-10/h1-5,11-13H,6-9,16H2,(H,17,18)/t12-,13?/m0/s1. The van der Waals surface area contributed by atoms with Crippen molar-refractivity contribution in [3.05, 3.63) is 35.9 Å². The minimum absolute atomic E-state index is 0.160. The van der Waals surface area contributed by atoms with Gasteiger partial charge < -0.3 is 11.1 Å². The Morgan fingerprint density at radius 1 is 1.39 bits per heavy atom. The number of amides is 1. The number of benzene rings is 1. The highest BCUT2D eigenvalue weighted by molar-refractivity contribution is 6.13. The van der Waals surface area contributed by atoms with E-state index in [0.717, 1.165) is 12.0 Å². The Hall–Kier alpha value is -1.29. The summed E-state index contributed by atoms with van der Waals surface area (Å²) in [6, 6.07) is 9.24. The summed E-state index contributed by atoms with van der Waals surface area (Å²) in [5, 5.41) is 2.79. The molecule has 2 radical (unpaired) electrons. The van der Waals surface area contributed by atoms with Crippen LogP contribution >= 0.6 is 0 Å². The smallest absolute Gasteiger partial charge is 0.236 e. The SMILES string of the molecule is [B]C(CC1CC1)NC(=O)[C@@H](N)Cc1ccccc1. The van der Waals surface area contributed by atoms with Gasteiger partial charge in [0.2, 0.25) is 5.91 Å². The summed E-state index contributed by atoms with van der Waals surface area (Å²) in [7, 11) is 5.86. The van der Waals surface area contributed by atoms with E-state index in [2.05, 4.69) is 5.32 Å². The molecular weight excluding hydrogens is 223 g/mol. The monoisotopic (exact) mass is 242 g/mol. The fraction of sp³-hybridized carbons (Fsp3) is 0.500. The number of nitrogens with one attached hydrogen (secondary N) is 1. The van der Waals surface area contributed by atoms with Gasteiger partial charge in [0, 0.05) is 0 Å². The summed E-state index contributed by atoms with van der Waals surface area (Å²) in [6.45, 7) is 0. The number of hydrogen-bond donors (Lipinski definition) is 2. The van der Waals surface area contributed by atoms with Crippen LogP contribution in [0.3, 0.4) is 0 Å². The fourth-order valence-corrected chi connectivity index (χ4v) is 2.02. The van der Waals surface area contributed by atoms with E-state index in [0.29, 0.717) is 12.3 Å². The molecule has 18 heavy (non-hydrogen) atoms. The first kappa shape index (κ1) is 13.2. The van der Waals surface area contributed by atoms with E-state index in [-0.39, 0.29) is 11.8 Å². The number of nitrogens with two attached hydrogens (primary N) is 1. The molecule has 3 nitrogen and oxygen atoms in total. The summed E-state index contributed by atoms with van der Waals surface area (Å²) < 4.78 is 0. The molecule has 4 heteroatoms. The van der Waals surface area contributed by atoms with Gasteiger partial charge in [0.1, 0.15) is 0 Å². The molecule has 1 saturated carbocycles. The van der Waals surface area contributed by atoms with Gasteiger partial charge in [-0.3, -0.25) is 4.79 Å². The highest BCUT2D eigenvalue weighted by Crippen LogP contribution is 2.32. The Labute approximate surface area is 110 Å². The molecular formula is C14H19BN2O. The number of carbonyl (C=O) groups excluding carboxylic acids is 1. The first-order valence-corrected chi connectivity index (χ1v) is 6.50. The maximum atomic E-state index is 11.8. The summed E-state index contributed by atoms with van der Waals surface area (Å²) in [5.41, 5.74) is 6.94. The van der Waals surface area contributed by atoms with Crippen molar-refractivity contribution in [3.63, 3.8) is 0 Å². The van der Waals surface area contributed by atoms with Crippen molar-refractivity contribution in [1.29, 1.82) is 0 Å². The molecule has 0 spiro atoms. The highest BCUT2D eigenvalue weighted by Gasteiger charge is 2.24. The van der Waals surface area contributed by atoms with Crippen LogP contribution in [-0.2, 0) is 11.2 Å². The molecule has 1 amide bonds. The van der Waals surface area contributed by atoms with Crippen LogP contribution in [0.2, 0.25) is 0 Å². The normalized spacial score (nSPS) is 18.1. The van der Waals surface area contributed by atoms with E-state index in [1.54, 1.807) is 0 Å². The predicted molar refractivity (Wildman–Crippen MR) is 73.1 cm³/mol. The van der Waals surface area contributed by atoms with Crippen molar-refractivity contribution in [2.45, 2.75) is 37.7 Å². The molecule has 0 aliphatic heterocycles. The molecule has 2 atom stereocenters. The Balaban J connectivity index is 1.77. The van der Waals surface area contributed by atoms with E-state index in [1.807, 2.05) is 30.3 Å². The minimum Gasteiger partial charge on any atom is -0.361 e. The molecule has 1 aliphatic rings. The third-order valence-corrected chi connectivity index (χ3v) is 3.25. The molecule has 1 aromatic rings. The average molecular weight is 242 g/mol. The molecule has 1 aromatic carbocycles. The summed E-state index contributed by atoms with van der Waals surface area (Å²) >= 11 is 0. The van der Waals surface area contributed by atoms with Crippen LogP contribution in [-0.4, -0.2) is 25.7 Å². The van der Waals surface area contributed by atoms with Crippen LogP contribution in [0.1, 0.15) is 24.8 Å². The minimum atomic E-state index is -0.530. The first-order valence-electron chi connectivity index (χ1n) is 6.50. The van der Waals surface area contributed by atoms with Crippen molar-refractivity contribution >= 4 is 13.8 Å². The molecule has 0 aromatic heterocycles. The first-order chi connectivity index (χ1) is 8.65. The molecule has 1 unspecified atom stereocenters. The Bertz CT molecular complexity index is 392. The Morgan fingerprint density at radius 2 is 2.06 bits per heavy atom. The Morgan fingerprint density at radius 3 is 2.67 bits per heavy atom. The predicted octanol–water partition coefficient (Wildman–Crippen LogP) is 0.967. The lowest BCUT2D eigenvalue weighted by atomic mass is 9.90. The van der Waals surface area contributed by atoms with Crippen LogP contribution < -0.4 is 11.1 Å². The average Bonchev–Trinajstić information content (AvgIpc) is 3.14. The molecule has 94 valence electrons. The van der Waals surface area contributed by atoms with Crippen LogP contribution in [0.25, 0.3) is 0 Å². The van der Waals surface area contributed by atoms with Gasteiger partial charge in [0.05, 0.1) is 13.9 Å². The van der Waals surface area contributed by atoms with Gasteiger partial charge in [-0.2, -0.15) is 0 Å². The molecule has 2 rings (SSSR count). The van der Waals surface area contributed by atoms with Gasteiger partial charge in [0.15, 0.2) is 0 Å². The second kappa shape index (κ2) is 6.05. The summed E-state index contributed by atoms with van der Waals surface area (Å²) in [6.07, 6.45) is 3.88. The van der Waals surface area contributed by atoms with Crippen molar-refractivity contribution in [1.82, 2.24) is 5.32 Å². The van der Waals surface area contributed by atoms with Crippen LogP contribution in [0.4, 0.5) is 0 Å². The maximum absolute atomic E-state index is 11.8. The number of hydrogen-bond acceptors (Lipinski definition) is 2.